The van der Waals surface area contributed by atoms with Crippen molar-refractivity contribution in [2.75, 3.05) is 0 Å². The van der Waals surface area contributed by atoms with Crippen LogP contribution in [0, 0.1) is 5.92 Å². The Morgan fingerprint density at radius 2 is 1.61 bits per heavy atom. The number of benzene rings is 4. The van der Waals surface area contributed by atoms with E-state index in [1.54, 1.807) is 0 Å². The van der Waals surface area contributed by atoms with Crippen molar-refractivity contribution in [2.45, 2.75) is 51.9 Å². The molecule has 2 heteroatoms. The fraction of sp³-hybridized carbons (Fsp3) is 0.265. The van der Waals surface area contributed by atoms with Gasteiger partial charge in [-0.2, -0.15) is 0 Å². The second-order valence-corrected chi connectivity index (χ2v) is 11.0. The molecule has 2 nitrogen and oxygen atoms in total. The zero-order valence-electron chi connectivity index (χ0n) is 21.1. The third-order valence-corrected chi connectivity index (χ3v) is 7.98. The van der Waals surface area contributed by atoms with Crippen molar-refractivity contribution in [3.63, 3.8) is 0 Å². The van der Waals surface area contributed by atoms with Crippen LogP contribution in [-0.2, 0) is 6.42 Å². The number of para-hydroxylation sites is 1. The number of nitrogens with zero attached hydrogens (tertiary/aromatic N) is 1. The molecule has 1 aliphatic rings. The maximum atomic E-state index is 6.51. The Balaban J connectivity index is 1.55. The molecule has 0 atom stereocenters. The Hall–Kier alpha value is -3.65. The van der Waals surface area contributed by atoms with Crippen molar-refractivity contribution < 1.29 is 4.42 Å². The minimum atomic E-state index is 0.582. The summed E-state index contributed by atoms with van der Waals surface area (Å²) in [6.07, 6.45) is 6.18. The summed E-state index contributed by atoms with van der Waals surface area (Å²) in [6, 6.07) is 28.7. The molecule has 7 rings (SSSR count). The number of fused-ring (bicyclic) bond motifs is 6. The molecule has 1 fully saturated rings. The van der Waals surface area contributed by atoms with Gasteiger partial charge in [-0.3, -0.25) is 0 Å². The minimum absolute atomic E-state index is 0.582. The molecule has 6 aromatic rings. The molecular weight excluding hydrogens is 438 g/mol. The standard InChI is InChI=1S/C34H31NO/c1-21(2)17-22-18-28-26-13-7-8-14-32(26)36-34(28)29(19-22)31-20-27(23-9-3-4-10-23)33-25-12-6-5-11-24(25)15-16-30(33)35-31/h5-8,11-16,18-21,23H,3-4,9-10,17H2,1-2H3. The summed E-state index contributed by atoms with van der Waals surface area (Å²) in [4.78, 5) is 5.31. The number of furan rings is 1. The molecule has 0 aliphatic heterocycles. The minimum Gasteiger partial charge on any atom is -0.455 e. The summed E-state index contributed by atoms with van der Waals surface area (Å²) in [7, 11) is 0. The molecular formula is C34H31NO. The normalized spacial score (nSPS) is 14.8. The zero-order valence-corrected chi connectivity index (χ0v) is 21.1. The van der Waals surface area contributed by atoms with Gasteiger partial charge in [0.1, 0.15) is 11.2 Å². The number of aromatic nitrogens is 1. The summed E-state index contributed by atoms with van der Waals surface area (Å²) in [5.41, 5.74) is 7.95. The molecule has 2 aromatic heterocycles. The lowest BCUT2D eigenvalue weighted by atomic mass is 9.89. The predicted octanol–water partition coefficient (Wildman–Crippen LogP) is 9.81. The van der Waals surface area contributed by atoms with Gasteiger partial charge in [0.2, 0.25) is 0 Å². The van der Waals surface area contributed by atoms with Crippen molar-refractivity contribution >= 4 is 43.6 Å². The van der Waals surface area contributed by atoms with Gasteiger partial charge in [-0.15, -0.1) is 0 Å². The van der Waals surface area contributed by atoms with Crippen LogP contribution in [0.25, 0.3) is 54.9 Å². The summed E-state index contributed by atoms with van der Waals surface area (Å²) in [5, 5.41) is 6.32. The lowest BCUT2D eigenvalue weighted by Gasteiger charge is -2.17. The van der Waals surface area contributed by atoms with Crippen molar-refractivity contribution in [2.24, 2.45) is 5.92 Å². The van der Waals surface area contributed by atoms with E-state index in [1.165, 1.54) is 63.7 Å². The average Bonchev–Trinajstić information content (AvgIpc) is 3.56. The van der Waals surface area contributed by atoms with Crippen LogP contribution >= 0.6 is 0 Å². The van der Waals surface area contributed by atoms with Crippen LogP contribution in [0.4, 0.5) is 0 Å². The molecule has 0 radical (unpaired) electrons. The van der Waals surface area contributed by atoms with Gasteiger partial charge in [-0.05, 0) is 83.3 Å². The largest absolute Gasteiger partial charge is 0.455 e. The van der Waals surface area contributed by atoms with E-state index in [0.29, 0.717) is 11.8 Å². The van der Waals surface area contributed by atoms with Crippen molar-refractivity contribution in [3.8, 4) is 11.3 Å². The fourth-order valence-electron chi connectivity index (χ4n) is 6.40. The Labute approximate surface area is 212 Å². The lowest BCUT2D eigenvalue weighted by molar-refractivity contribution is 0.646. The summed E-state index contributed by atoms with van der Waals surface area (Å²) in [5.74, 6) is 1.17. The van der Waals surface area contributed by atoms with Gasteiger partial charge in [0.05, 0.1) is 11.2 Å². The van der Waals surface area contributed by atoms with E-state index in [0.717, 1.165) is 34.4 Å². The highest BCUT2D eigenvalue weighted by atomic mass is 16.3. The molecule has 1 aliphatic carbocycles. The highest BCUT2D eigenvalue weighted by Crippen LogP contribution is 2.43. The smallest absolute Gasteiger partial charge is 0.144 e. The fourth-order valence-corrected chi connectivity index (χ4v) is 6.40. The first-order chi connectivity index (χ1) is 17.7. The van der Waals surface area contributed by atoms with Crippen LogP contribution in [0.15, 0.2) is 83.3 Å². The maximum Gasteiger partial charge on any atom is 0.144 e. The predicted molar refractivity (Wildman–Crippen MR) is 152 cm³/mol. The first kappa shape index (κ1) is 21.6. The monoisotopic (exact) mass is 469 g/mol. The SMILES string of the molecule is CC(C)Cc1cc(-c2cc(C3CCCC3)c3c(ccc4ccccc43)n2)c2oc3ccccc3c2c1. The third kappa shape index (κ3) is 3.51. The highest BCUT2D eigenvalue weighted by molar-refractivity contribution is 6.11. The number of hydrogen-bond acceptors (Lipinski definition) is 2. The summed E-state index contributed by atoms with van der Waals surface area (Å²) >= 11 is 0. The Morgan fingerprint density at radius 3 is 2.44 bits per heavy atom. The highest BCUT2D eigenvalue weighted by Gasteiger charge is 2.23. The molecule has 0 saturated heterocycles. The second-order valence-electron chi connectivity index (χ2n) is 11.0. The van der Waals surface area contributed by atoms with Crippen molar-refractivity contribution in [1.29, 1.82) is 0 Å². The Morgan fingerprint density at radius 1 is 0.833 bits per heavy atom. The van der Waals surface area contributed by atoms with Crippen LogP contribution in [0.2, 0.25) is 0 Å². The topological polar surface area (TPSA) is 26.0 Å². The van der Waals surface area contributed by atoms with Gasteiger partial charge >= 0.3 is 0 Å². The second kappa shape index (κ2) is 8.48. The number of pyridine rings is 1. The number of rotatable bonds is 4. The lowest BCUT2D eigenvalue weighted by Crippen LogP contribution is -1.99. The quantitative estimate of drug-likeness (QED) is 0.240. The molecule has 0 bridgehead atoms. The van der Waals surface area contributed by atoms with E-state index in [1.807, 2.05) is 0 Å². The van der Waals surface area contributed by atoms with Crippen LogP contribution in [0.1, 0.15) is 56.6 Å². The molecule has 0 spiro atoms. The Bertz CT molecular complexity index is 1750. The average molecular weight is 470 g/mol. The van der Waals surface area contributed by atoms with Crippen LogP contribution in [0.3, 0.4) is 0 Å². The Kier molecular flexibility index (Phi) is 5.09. The molecule has 0 amide bonds. The van der Waals surface area contributed by atoms with E-state index in [2.05, 4.69) is 92.7 Å². The number of hydrogen-bond donors (Lipinski definition) is 0. The van der Waals surface area contributed by atoms with Gasteiger partial charge in [0.15, 0.2) is 0 Å². The molecule has 1 saturated carbocycles. The van der Waals surface area contributed by atoms with E-state index >= 15 is 0 Å². The van der Waals surface area contributed by atoms with Gasteiger partial charge in [-0.1, -0.05) is 75.2 Å². The van der Waals surface area contributed by atoms with Crippen molar-refractivity contribution in [3.05, 3.63) is 90.0 Å². The third-order valence-electron chi connectivity index (χ3n) is 7.98. The molecule has 4 aromatic carbocycles. The maximum absolute atomic E-state index is 6.51. The molecule has 36 heavy (non-hydrogen) atoms. The van der Waals surface area contributed by atoms with Crippen LogP contribution < -0.4 is 0 Å². The zero-order chi connectivity index (χ0) is 24.2. The van der Waals surface area contributed by atoms with Crippen LogP contribution in [0.5, 0.6) is 0 Å². The van der Waals surface area contributed by atoms with Crippen LogP contribution in [-0.4, -0.2) is 4.98 Å². The van der Waals surface area contributed by atoms with E-state index in [-0.39, 0.29) is 0 Å². The van der Waals surface area contributed by atoms with Gasteiger partial charge in [0, 0.05) is 21.7 Å². The van der Waals surface area contributed by atoms with Gasteiger partial charge in [-0.25, -0.2) is 4.98 Å². The molecule has 0 N–H and O–H groups in total. The van der Waals surface area contributed by atoms with Gasteiger partial charge < -0.3 is 4.42 Å². The van der Waals surface area contributed by atoms with E-state index < -0.39 is 0 Å². The van der Waals surface area contributed by atoms with E-state index in [9.17, 15) is 0 Å². The molecule has 2 heterocycles. The molecule has 178 valence electrons. The summed E-state index contributed by atoms with van der Waals surface area (Å²) < 4.78 is 6.51. The first-order valence-corrected chi connectivity index (χ1v) is 13.4. The first-order valence-electron chi connectivity index (χ1n) is 13.4. The molecule has 0 unspecified atom stereocenters. The summed E-state index contributed by atoms with van der Waals surface area (Å²) in [6.45, 7) is 4.57. The van der Waals surface area contributed by atoms with Crippen molar-refractivity contribution in [1.82, 2.24) is 4.98 Å². The van der Waals surface area contributed by atoms with Gasteiger partial charge in [0.25, 0.3) is 0 Å². The van der Waals surface area contributed by atoms with E-state index in [4.69, 9.17) is 9.40 Å².